The average Bonchev–Trinajstić information content (AvgIpc) is 2.71. The van der Waals surface area contributed by atoms with E-state index in [1.165, 1.54) is 12.3 Å². The molecule has 0 saturated heterocycles. The van der Waals surface area contributed by atoms with E-state index in [0.29, 0.717) is 11.1 Å². The number of ketones is 2. The largest absolute Gasteiger partial charge is 0.293 e. The number of nitrogens with zero attached hydrogens (tertiary/aromatic N) is 2. The van der Waals surface area contributed by atoms with Gasteiger partial charge >= 0.3 is 0 Å². The fourth-order valence-corrected chi connectivity index (χ4v) is 2.42. The van der Waals surface area contributed by atoms with E-state index in [1.807, 2.05) is 0 Å². The third kappa shape index (κ3) is 1.62. The second-order valence-electron chi connectivity index (χ2n) is 4.40. The minimum atomic E-state index is -1.14. The number of pyridine rings is 1. The van der Waals surface area contributed by atoms with Crippen molar-refractivity contribution in [1.29, 1.82) is 0 Å². The van der Waals surface area contributed by atoms with E-state index in [1.54, 1.807) is 24.3 Å². The van der Waals surface area contributed by atoms with Crippen molar-refractivity contribution in [2.24, 2.45) is 0 Å². The van der Waals surface area contributed by atoms with E-state index in [-0.39, 0.29) is 11.3 Å². The summed E-state index contributed by atoms with van der Waals surface area (Å²) in [6.07, 6.45) is 2.39. The summed E-state index contributed by atoms with van der Waals surface area (Å²) in [5.74, 6) is -1.95. The molecule has 1 aromatic heterocycles. The molecule has 98 valence electrons. The van der Waals surface area contributed by atoms with Gasteiger partial charge in [0.1, 0.15) is 12.1 Å². The minimum absolute atomic E-state index is 0.0937. The Morgan fingerprint density at radius 2 is 1.65 bits per heavy atom. The monoisotopic (exact) mass is 268 g/mol. The number of rotatable bonds is 2. The Labute approximate surface area is 113 Å². The Bertz CT molecular complexity index is 719. The molecule has 6 heteroatoms. The lowest BCUT2D eigenvalue weighted by molar-refractivity contribution is -0.385. The maximum atomic E-state index is 12.3. The number of aromatic nitrogens is 1. The van der Waals surface area contributed by atoms with Crippen LogP contribution in [0.4, 0.5) is 5.69 Å². The number of hydrogen-bond donors (Lipinski definition) is 0. The van der Waals surface area contributed by atoms with Crippen molar-refractivity contribution in [1.82, 2.24) is 4.98 Å². The number of Topliss-reactive ketones (excluding diaryl/α,β-unsaturated/α-hetero) is 2. The Morgan fingerprint density at radius 3 is 2.20 bits per heavy atom. The normalized spacial score (nSPS) is 14.4. The first-order valence-electron chi connectivity index (χ1n) is 5.87. The Hall–Kier alpha value is -2.89. The summed E-state index contributed by atoms with van der Waals surface area (Å²) in [7, 11) is 0. The van der Waals surface area contributed by atoms with Gasteiger partial charge in [-0.2, -0.15) is 0 Å². The van der Waals surface area contributed by atoms with Crippen LogP contribution in [0.25, 0.3) is 0 Å². The molecule has 1 heterocycles. The van der Waals surface area contributed by atoms with E-state index in [9.17, 15) is 19.7 Å². The number of nitro groups is 1. The van der Waals surface area contributed by atoms with Gasteiger partial charge in [0.2, 0.25) is 0 Å². The van der Waals surface area contributed by atoms with Crippen LogP contribution in [0.15, 0.2) is 42.7 Å². The Morgan fingerprint density at radius 1 is 1.05 bits per heavy atom. The number of carbonyl (C=O) groups is 2. The summed E-state index contributed by atoms with van der Waals surface area (Å²) >= 11 is 0. The molecule has 0 amide bonds. The van der Waals surface area contributed by atoms with Crippen molar-refractivity contribution >= 4 is 17.3 Å². The molecule has 1 aliphatic rings. The van der Waals surface area contributed by atoms with Crippen molar-refractivity contribution in [3.05, 3.63) is 69.5 Å². The lowest BCUT2D eigenvalue weighted by Crippen LogP contribution is -2.14. The molecule has 0 saturated carbocycles. The van der Waals surface area contributed by atoms with Gasteiger partial charge in [-0.1, -0.05) is 24.3 Å². The Balaban J connectivity index is 2.17. The first-order chi connectivity index (χ1) is 9.61. The van der Waals surface area contributed by atoms with Crippen molar-refractivity contribution in [3.63, 3.8) is 0 Å². The van der Waals surface area contributed by atoms with Crippen LogP contribution in [-0.2, 0) is 0 Å². The van der Waals surface area contributed by atoms with Gasteiger partial charge in [0.05, 0.1) is 10.5 Å². The number of hydrogen-bond acceptors (Lipinski definition) is 5. The van der Waals surface area contributed by atoms with Gasteiger partial charge in [-0.05, 0) is 6.07 Å². The second-order valence-corrected chi connectivity index (χ2v) is 4.40. The van der Waals surface area contributed by atoms with E-state index in [4.69, 9.17) is 0 Å². The molecule has 0 bridgehead atoms. The van der Waals surface area contributed by atoms with E-state index >= 15 is 0 Å². The first kappa shape index (κ1) is 12.2. The SMILES string of the molecule is O=C1c2ccccc2C(=O)C1c1ccncc1[N+](=O)[O-]. The highest BCUT2D eigenvalue weighted by Crippen LogP contribution is 2.37. The second kappa shape index (κ2) is 4.34. The summed E-state index contributed by atoms with van der Waals surface area (Å²) in [6.45, 7) is 0. The topological polar surface area (TPSA) is 90.2 Å². The van der Waals surface area contributed by atoms with Gasteiger partial charge in [-0.15, -0.1) is 0 Å². The highest BCUT2D eigenvalue weighted by atomic mass is 16.6. The average molecular weight is 268 g/mol. The van der Waals surface area contributed by atoms with E-state index in [2.05, 4.69) is 4.98 Å². The molecular weight excluding hydrogens is 260 g/mol. The van der Waals surface area contributed by atoms with E-state index < -0.39 is 22.4 Å². The lowest BCUT2D eigenvalue weighted by atomic mass is 9.94. The van der Waals surface area contributed by atoms with E-state index in [0.717, 1.165) is 6.20 Å². The fraction of sp³-hybridized carbons (Fsp3) is 0.0714. The molecule has 1 aliphatic carbocycles. The molecule has 1 aromatic carbocycles. The predicted molar refractivity (Wildman–Crippen MR) is 68.7 cm³/mol. The van der Waals surface area contributed by atoms with Crippen LogP contribution in [0.1, 0.15) is 32.2 Å². The molecule has 0 aliphatic heterocycles. The zero-order valence-corrected chi connectivity index (χ0v) is 10.1. The van der Waals surface area contributed by atoms with Gasteiger partial charge < -0.3 is 0 Å². The van der Waals surface area contributed by atoms with Gasteiger partial charge in [-0.25, -0.2) is 0 Å². The third-order valence-corrected chi connectivity index (χ3v) is 3.32. The minimum Gasteiger partial charge on any atom is -0.293 e. The van der Waals surface area contributed by atoms with Gasteiger partial charge in [0, 0.05) is 17.3 Å². The van der Waals surface area contributed by atoms with Crippen LogP contribution in [-0.4, -0.2) is 21.5 Å². The van der Waals surface area contributed by atoms with Gasteiger partial charge in [0.15, 0.2) is 11.6 Å². The van der Waals surface area contributed by atoms with Crippen LogP contribution >= 0.6 is 0 Å². The third-order valence-electron chi connectivity index (χ3n) is 3.32. The van der Waals surface area contributed by atoms with Crippen LogP contribution in [0.2, 0.25) is 0 Å². The first-order valence-corrected chi connectivity index (χ1v) is 5.87. The highest BCUT2D eigenvalue weighted by molar-refractivity contribution is 6.30. The summed E-state index contributed by atoms with van der Waals surface area (Å²) in [5.41, 5.74) is 0.408. The number of fused-ring (bicyclic) bond motifs is 1. The summed E-state index contributed by atoms with van der Waals surface area (Å²) in [4.78, 5) is 38.7. The number of benzene rings is 1. The smallest absolute Gasteiger partial charge is 0.291 e. The summed E-state index contributed by atoms with van der Waals surface area (Å²) in [6, 6.07) is 7.79. The molecule has 0 fully saturated rings. The molecule has 0 spiro atoms. The van der Waals surface area contributed by atoms with Crippen molar-refractivity contribution in [3.8, 4) is 0 Å². The fourth-order valence-electron chi connectivity index (χ4n) is 2.42. The molecule has 0 radical (unpaired) electrons. The van der Waals surface area contributed by atoms with Crippen LogP contribution < -0.4 is 0 Å². The quantitative estimate of drug-likeness (QED) is 0.473. The maximum absolute atomic E-state index is 12.3. The molecule has 3 rings (SSSR count). The summed E-state index contributed by atoms with van der Waals surface area (Å²) in [5, 5.41) is 11.0. The molecule has 0 atom stereocenters. The molecule has 20 heavy (non-hydrogen) atoms. The number of carbonyl (C=O) groups excluding carboxylic acids is 2. The molecule has 0 unspecified atom stereocenters. The molecule has 6 nitrogen and oxygen atoms in total. The van der Waals surface area contributed by atoms with Crippen LogP contribution in [0.3, 0.4) is 0 Å². The van der Waals surface area contributed by atoms with Gasteiger partial charge in [0.25, 0.3) is 5.69 Å². The van der Waals surface area contributed by atoms with Crippen molar-refractivity contribution < 1.29 is 14.5 Å². The van der Waals surface area contributed by atoms with Gasteiger partial charge in [-0.3, -0.25) is 24.7 Å². The Kier molecular flexibility index (Phi) is 2.64. The standard InChI is InChI=1S/C14H8N2O4/c17-13-8-3-1-2-4-9(8)14(18)12(13)10-5-6-15-7-11(10)16(19)20/h1-7,12H. The predicted octanol–water partition coefficient (Wildman–Crippen LogP) is 2.15. The van der Waals surface area contributed by atoms with Crippen LogP contribution in [0.5, 0.6) is 0 Å². The molecule has 0 N–H and O–H groups in total. The van der Waals surface area contributed by atoms with Crippen LogP contribution in [0, 0.1) is 10.1 Å². The molecule has 2 aromatic rings. The van der Waals surface area contributed by atoms with Crippen molar-refractivity contribution in [2.45, 2.75) is 5.92 Å². The maximum Gasteiger partial charge on any atom is 0.291 e. The zero-order chi connectivity index (χ0) is 14.3. The molecular formula is C14H8N2O4. The lowest BCUT2D eigenvalue weighted by Gasteiger charge is -2.07. The highest BCUT2D eigenvalue weighted by Gasteiger charge is 2.42. The van der Waals surface area contributed by atoms with Crippen molar-refractivity contribution in [2.75, 3.05) is 0 Å². The summed E-state index contributed by atoms with van der Waals surface area (Å²) < 4.78 is 0. The zero-order valence-electron chi connectivity index (χ0n) is 10.1.